The van der Waals surface area contributed by atoms with Crippen LogP contribution in [0.5, 0.6) is 0 Å². The first-order chi connectivity index (χ1) is 10.8. The van der Waals surface area contributed by atoms with E-state index in [1.54, 1.807) is 32.0 Å². The molecule has 126 valence electrons. The lowest BCUT2D eigenvalue weighted by atomic mass is 9.91. The van der Waals surface area contributed by atoms with E-state index in [-0.39, 0.29) is 12.0 Å². The quantitative estimate of drug-likeness (QED) is 0.793. The number of rotatable bonds is 5. The van der Waals surface area contributed by atoms with Crippen molar-refractivity contribution in [1.29, 1.82) is 0 Å². The van der Waals surface area contributed by atoms with Crippen molar-refractivity contribution in [3.63, 3.8) is 0 Å². The van der Waals surface area contributed by atoms with Crippen LogP contribution in [0.15, 0.2) is 18.2 Å². The summed E-state index contributed by atoms with van der Waals surface area (Å²) in [7, 11) is 0. The Morgan fingerprint density at radius 2 is 2.04 bits per heavy atom. The van der Waals surface area contributed by atoms with E-state index in [0.717, 1.165) is 19.4 Å². The van der Waals surface area contributed by atoms with Gasteiger partial charge in [-0.2, -0.15) is 0 Å². The maximum Gasteiger partial charge on any atom is 0.239 e. The lowest BCUT2D eigenvalue weighted by Crippen LogP contribution is -2.47. The molecule has 2 N–H and O–H groups in total. The molecule has 0 aromatic heterocycles. The zero-order valence-corrected chi connectivity index (χ0v) is 14.6. The number of benzene rings is 1. The summed E-state index contributed by atoms with van der Waals surface area (Å²) < 4.78 is 5.45. The van der Waals surface area contributed by atoms with Crippen LogP contribution in [0.25, 0.3) is 0 Å². The first-order valence-corrected chi connectivity index (χ1v) is 8.22. The molecule has 1 atom stereocenters. The second-order valence-electron chi connectivity index (χ2n) is 6.05. The average Bonchev–Trinajstić information content (AvgIpc) is 3.01. The van der Waals surface area contributed by atoms with Gasteiger partial charge >= 0.3 is 0 Å². The van der Waals surface area contributed by atoms with E-state index in [0.29, 0.717) is 22.3 Å². The molecule has 5 nitrogen and oxygen atoms in total. The third kappa shape index (κ3) is 4.59. The van der Waals surface area contributed by atoms with Gasteiger partial charge in [-0.05, 0) is 44.9 Å². The predicted molar refractivity (Wildman–Crippen MR) is 90.9 cm³/mol. The highest BCUT2D eigenvalue weighted by Crippen LogP contribution is 2.27. The number of anilines is 1. The largest absolute Gasteiger partial charge is 0.376 e. The molecule has 1 aromatic carbocycles. The van der Waals surface area contributed by atoms with Gasteiger partial charge in [0.1, 0.15) is 5.41 Å². The molecule has 1 unspecified atom stereocenters. The molecule has 0 spiro atoms. The lowest BCUT2D eigenvalue weighted by molar-refractivity contribution is -0.138. The maximum atomic E-state index is 12.4. The van der Waals surface area contributed by atoms with Gasteiger partial charge < -0.3 is 15.4 Å². The van der Waals surface area contributed by atoms with E-state index in [1.807, 2.05) is 0 Å². The molecule has 0 bridgehead atoms. The topological polar surface area (TPSA) is 67.4 Å². The highest BCUT2D eigenvalue weighted by atomic mass is 35.5. The molecule has 0 radical (unpaired) electrons. The fourth-order valence-electron chi connectivity index (χ4n) is 2.21. The Morgan fingerprint density at radius 1 is 1.30 bits per heavy atom. The van der Waals surface area contributed by atoms with Crippen LogP contribution in [0.3, 0.4) is 0 Å². The van der Waals surface area contributed by atoms with Crippen LogP contribution in [0.1, 0.15) is 26.7 Å². The van der Waals surface area contributed by atoms with Crippen LogP contribution in [0, 0.1) is 5.41 Å². The molecule has 7 heteroatoms. The van der Waals surface area contributed by atoms with Crippen molar-refractivity contribution in [2.75, 3.05) is 18.5 Å². The molecule has 0 aliphatic carbocycles. The molecular weight excluding hydrogens is 339 g/mol. The second-order valence-corrected chi connectivity index (χ2v) is 6.89. The molecule has 1 heterocycles. The minimum absolute atomic E-state index is 0.0279. The van der Waals surface area contributed by atoms with Gasteiger partial charge in [-0.15, -0.1) is 0 Å². The Bertz CT molecular complexity index is 599. The minimum Gasteiger partial charge on any atom is -0.376 e. The number of hydrogen-bond donors (Lipinski definition) is 2. The van der Waals surface area contributed by atoms with Gasteiger partial charge in [-0.1, -0.05) is 23.2 Å². The van der Waals surface area contributed by atoms with Crippen LogP contribution in [0.2, 0.25) is 10.0 Å². The third-order valence-corrected chi connectivity index (χ3v) is 4.39. The molecule has 1 saturated heterocycles. The lowest BCUT2D eigenvalue weighted by Gasteiger charge is -2.24. The number of carbonyl (C=O) groups excluding carboxylic acids is 2. The molecule has 2 amide bonds. The van der Waals surface area contributed by atoms with Crippen molar-refractivity contribution in [2.45, 2.75) is 32.8 Å². The first kappa shape index (κ1) is 18.0. The zero-order valence-electron chi connectivity index (χ0n) is 13.1. The number of amides is 2. The number of nitrogens with one attached hydrogen (secondary N) is 2. The standard InChI is InChI=1S/C16H20Cl2N2O3/c1-16(2,14(21)19-9-11-4-3-7-23-11)15(22)20-13-8-10(17)5-6-12(13)18/h5-6,8,11H,3-4,7,9H2,1-2H3,(H,19,21)(H,20,22). The number of ether oxygens (including phenoxy) is 1. The normalized spacial score (nSPS) is 17.8. The SMILES string of the molecule is CC(C)(C(=O)NCC1CCCO1)C(=O)Nc1cc(Cl)ccc1Cl. The summed E-state index contributed by atoms with van der Waals surface area (Å²) in [5.41, 5.74) is -0.867. The molecule has 1 fully saturated rings. The summed E-state index contributed by atoms with van der Waals surface area (Å²) in [6.07, 6.45) is 1.95. The maximum absolute atomic E-state index is 12.4. The smallest absolute Gasteiger partial charge is 0.239 e. The van der Waals surface area contributed by atoms with E-state index in [2.05, 4.69) is 10.6 Å². The second kappa shape index (κ2) is 7.51. The summed E-state index contributed by atoms with van der Waals surface area (Å²) in [6, 6.07) is 4.76. The summed E-state index contributed by atoms with van der Waals surface area (Å²) in [5.74, 6) is -0.810. The molecule has 1 aromatic rings. The van der Waals surface area contributed by atoms with Gasteiger partial charge in [-0.25, -0.2) is 0 Å². The number of halogens is 2. The fraction of sp³-hybridized carbons (Fsp3) is 0.500. The van der Waals surface area contributed by atoms with E-state index in [1.165, 1.54) is 0 Å². The molecule has 1 aliphatic rings. The van der Waals surface area contributed by atoms with Crippen LogP contribution in [0.4, 0.5) is 5.69 Å². The Labute approximate surface area is 145 Å². The van der Waals surface area contributed by atoms with Crippen molar-refractivity contribution in [3.8, 4) is 0 Å². The highest BCUT2D eigenvalue weighted by Gasteiger charge is 2.36. The molecule has 1 aliphatic heterocycles. The van der Waals surface area contributed by atoms with Crippen molar-refractivity contribution in [2.24, 2.45) is 5.41 Å². The van der Waals surface area contributed by atoms with Gasteiger partial charge in [0.25, 0.3) is 0 Å². The predicted octanol–water partition coefficient (Wildman–Crippen LogP) is 3.25. The number of carbonyl (C=O) groups is 2. The van der Waals surface area contributed by atoms with E-state index >= 15 is 0 Å². The van der Waals surface area contributed by atoms with E-state index in [9.17, 15) is 9.59 Å². The van der Waals surface area contributed by atoms with Crippen molar-refractivity contribution in [3.05, 3.63) is 28.2 Å². The van der Waals surface area contributed by atoms with Gasteiger partial charge in [-0.3, -0.25) is 9.59 Å². The monoisotopic (exact) mass is 358 g/mol. The number of hydrogen-bond acceptors (Lipinski definition) is 3. The Morgan fingerprint density at radius 3 is 2.70 bits per heavy atom. The van der Waals surface area contributed by atoms with Gasteiger partial charge in [0.2, 0.25) is 11.8 Å². The van der Waals surface area contributed by atoms with Crippen LogP contribution in [-0.2, 0) is 14.3 Å². The zero-order chi connectivity index (χ0) is 17.0. The molecule has 2 rings (SSSR count). The first-order valence-electron chi connectivity index (χ1n) is 7.47. The summed E-state index contributed by atoms with van der Waals surface area (Å²) in [6.45, 7) is 4.25. The summed E-state index contributed by atoms with van der Waals surface area (Å²) in [5, 5.41) is 6.24. The fourth-order valence-corrected chi connectivity index (χ4v) is 2.54. The van der Waals surface area contributed by atoms with Gasteiger partial charge in [0.15, 0.2) is 0 Å². The Balaban J connectivity index is 1.97. The Kier molecular flexibility index (Phi) is 5.89. The molecule has 23 heavy (non-hydrogen) atoms. The third-order valence-electron chi connectivity index (χ3n) is 3.83. The van der Waals surface area contributed by atoms with Crippen molar-refractivity contribution < 1.29 is 14.3 Å². The van der Waals surface area contributed by atoms with Gasteiger partial charge in [0.05, 0.1) is 16.8 Å². The average molecular weight is 359 g/mol. The van der Waals surface area contributed by atoms with Crippen LogP contribution in [-0.4, -0.2) is 31.1 Å². The summed E-state index contributed by atoms with van der Waals surface area (Å²) >= 11 is 11.9. The van der Waals surface area contributed by atoms with Crippen molar-refractivity contribution >= 4 is 40.7 Å². The Hall–Kier alpha value is -1.30. The molecular formula is C16H20Cl2N2O3. The van der Waals surface area contributed by atoms with E-state index in [4.69, 9.17) is 27.9 Å². The highest BCUT2D eigenvalue weighted by molar-refractivity contribution is 6.35. The van der Waals surface area contributed by atoms with Crippen LogP contribution < -0.4 is 10.6 Å². The van der Waals surface area contributed by atoms with E-state index < -0.39 is 11.3 Å². The minimum atomic E-state index is -1.25. The molecule has 0 saturated carbocycles. The van der Waals surface area contributed by atoms with Crippen molar-refractivity contribution in [1.82, 2.24) is 5.32 Å². The van der Waals surface area contributed by atoms with Gasteiger partial charge in [0, 0.05) is 18.2 Å². The summed E-state index contributed by atoms with van der Waals surface area (Å²) in [4.78, 5) is 24.7. The van der Waals surface area contributed by atoms with Crippen LogP contribution >= 0.6 is 23.2 Å².